The van der Waals surface area contributed by atoms with Crippen LogP contribution < -0.4 is 15.4 Å². The van der Waals surface area contributed by atoms with Crippen LogP contribution in [0, 0.1) is 6.92 Å². The van der Waals surface area contributed by atoms with Gasteiger partial charge in [0.25, 0.3) is 0 Å². The number of hydrogen-bond acceptors (Lipinski definition) is 4. The van der Waals surface area contributed by atoms with Crippen LogP contribution in [0.4, 0.5) is 0 Å². The summed E-state index contributed by atoms with van der Waals surface area (Å²) in [5.41, 5.74) is 4.99. The maximum Gasteiger partial charge on any atom is 0.191 e. The van der Waals surface area contributed by atoms with Crippen LogP contribution in [0.1, 0.15) is 29.2 Å². The Hall–Kier alpha value is -2.57. The highest BCUT2D eigenvalue weighted by Crippen LogP contribution is 2.19. The molecule has 1 unspecified atom stereocenters. The van der Waals surface area contributed by atoms with Gasteiger partial charge >= 0.3 is 0 Å². The Bertz CT molecular complexity index is 868. The Kier molecular flexibility index (Phi) is 8.74. The maximum absolute atomic E-state index is 5.65. The molecule has 31 heavy (non-hydrogen) atoms. The highest BCUT2D eigenvalue weighted by Gasteiger charge is 2.16. The fraction of sp³-hybridized carbons (Fsp3) is 0.480. The number of aliphatic imine (C=N–C) groups is 1. The van der Waals surface area contributed by atoms with E-state index in [1.54, 1.807) is 14.2 Å². The number of aryl methyl sites for hydroxylation is 1. The van der Waals surface area contributed by atoms with Gasteiger partial charge in [-0.25, -0.2) is 0 Å². The van der Waals surface area contributed by atoms with Crippen molar-refractivity contribution in [3.05, 3.63) is 64.7 Å². The Morgan fingerprint density at radius 1 is 1.16 bits per heavy atom. The van der Waals surface area contributed by atoms with E-state index in [4.69, 9.17) is 9.47 Å². The lowest BCUT2D eigenvalue weighted by Gasteiger charge is -2.31. The number of hydrogen-bond donors (Lipinski definition) is 2. The van der Waals surface area contributed by atoms with Gasteiger partial charge in [0, 0.05) is 39.8 Å². The maximum atomic E-state index is 5.65. The summed E-state index contributed by atoms with van der Waals surface area (Å²) < 4.78 is 11.1. The molecular formula is C25H36N4O2. The summed E-state index contributed by atoms with van der Waals surface area (Å²) in [6.45, 7) is 9.52. The predicted molar refractivity (Wildman–Crippen MR) is 127 cm³/mol. The minimum atomic E-state index is 0.314. The number of methoxy groups -OCH3 is 1. The lowest BCUT2D eigenvalue weighted by atomic mass is 10.1. The summed E-state index contributed by atoms with van der Waals surface area (Å²) in [6.07, 6.45) is 1.22. The van der Waals surface area contributed by atoms with Crippen LogP contribution in [0.2, 0.25) is 0 Å². The number of rotatable bonds is 8. The van der Waals surface area contributed by atoms with Gasteiger partial charge < -0.3 is 20.1 Å². The molecule has 1 aliphatic rings. The van der Waals surface area contributed by atoms with Crippen molar-refractivity contribution < 1.29 is 9.47 Å². The fourth-order valence-electron chi connectivity index (χ4n) is 3.88. The quantitative estimate of drug-likeness (QED) is 0.504. The van der Waals surface area contributed by atoms with Gasteiger partial charge in [0.15, 0.2) is 5.96 Å². The van der Waals surface area contributed by atoms with Gasteiger partial charge in [-0.3, -0.25) is 9.89 Å². The molecule has 0 spiro atoms. The molecule has 1 aliphatic heterocycles. The molecule has 0 amide bonds. The molecule has 2 N–H and O–H groups in total. The molecule has 0 radical (unpaired) electrons. The van der Waals surface area contributed by atoms with Gasteiger partial charge in [0.1, 0.15) is 5.75 Å². The van der Waals surface area contributed by atoms with Gasteiger partial charge in [0.05, 0.1) is 19.8 Å². The smallest absolute Gasteiger partial charge is 0.191 e. The van der Waals surface area contributed by atoms with Gasteiger partial charge in [0.2, 0.25) is 0 Å². The van der Waals surface area contributed by atoms with Crippen molar-refractivity contribution in [1.82, 2.24) is 15.5 Å². The standard InChI is InChI=1S/C25H36N4O2/c1-19-8-9-21(15-24(19)30-4)10-11-27-25(26-3)28-16-22-6-5-7-23(14-22)18-29-12-13-31-20(2)17-29/h5-9,14-15,20H,10-13,16-18H2,1-4H3,(H2,26,27,28). The number of ether oxygens (including phenoxy) is 2. The summed E-state index contributed by atoms with van der Waals surface area (Å²) in [5.74, 6) is 1.75. The molecule has 0 bridgehead atoms. The van der Waals surface area contributed by atoms with Crippen molar-refractivity contribution in [2.45, 2.75) is 39.5 Å². The zero-order valence-corrected chi connectivity index (χ0v) is 19.3. The van der Waals surface area contributed by atoms with Crippen molar-refractivity contribution in [1.29, 1.82) is 0 Å². The Morgan fingerprint density at radius 3 is 2.77 bits per heavy atom. The third-order valence-electron chi connectivity index (χ3n) is 5.58. The van der Waals surface area contributed by atoms with Crippen molar-refractivity contribution in [3.8, 4) is 5.75 Å². The summed E-state index contributed by atoms with van der Waals surface area (Å²) in [4.78, 5) is 6.81. The number of morpholine rings is 1. The Balaban J connectivity index is 1.46. The van der Waals surface area contributed by atoms with E-state index in [1.807, 2.05) is 0 Å². The second kappa shape index (κ2) is 11.7. The molecule has 3 rings (SSSR count). The third-order valence-corrected chi connectivity index (χ3v) is 5.58. The molecule has 1 fully saturated rings. The minimum absolute atomic E-state index is 0.314. The largest absolute Gasteiger partial charge is 0.496 e. The number of guanidine groups is 1. The first kappa shape index (κ1) is 23.1. The van der Waals surface area contributed by atoms with Crippen LogP contribution in [0.15, 0.2) is 47.5 Å². The first-order chi connectivity index (χ1) is 15.1. The van der Waals surface area contributed by atoms with Gasteiger partial charge in [-0.15, -0.1) is 0 Å². The zero-order chi connectivity index (χ0) is 22.1. The SMILES string of the molecule is CN=C(NCCc1ccc(C)c(OC)c1)NCc1cccc(CN2CCOC(C)C2)c1. The van der Waals surface area contributed by atoms with Crippen LogP contribution >= 0.6 is 0 Å². The van der Waals surface area contributed by atoms with Crippen LogP contribution in [0.25, 0.3) is 0 Å². The van der Waals surface area contributed by atoms with E-state index >= 15 is 0 Å². The predicted octanol–water partition coefficient (Wildman–Crippen LogP) is 3.13. The second-order valence-electron chi connectivity index (χ2n) is 8.14. The van der Waals surface area contributed by atoms with Gasteiger partial charge in [-0.2, -0.15) is 0 Å². The van der Waals surface area contributed by atoms with E-state index in [1.165, 1.54) is 16.7 Å². The first-order valence-electron chi connectivity index (χ1n) is 11.1. The topological polar surface area (TPSA) is 58.1 Å². The average Bonchev–Trinajstić information content (AvgIpc) is 2.77. The molecule has 0 aliphatic carbocycles. The van der Waals surface area contributed by atoms with E-state index in [2.05, 4.69) is 76.8 Å². The molecule has 1 atom stereocenters. The molecule has 6 nitrogen and oxygen atoms in total. The highest BCUT2D eigenvalue weighted by molar-refractivity contribution is 5.79. The summed E-state index contributed by atoms with van der Waals surface area (Å²) in [6, 6.07) is 15.1. The van der Waals surface area contributed by atoms with Gasteiger partial charge in [-0.1, -0.05) is 36.4 Å². The number of nitrogens with one attached hydrogen (secondary N) is 2. The van der Waals surface area contributed by atoms with E-state index in [9.17, 15) is 0 Å². The van der Waals surface area contributed by atoms with E-state index in [0.717, 1.165) is 63.0 Å². The van der Waals surface area contributed by atoms with E-state index in [0.29, 0.717) is 6.10 Å². The molecule has 0 saturated carbocycles. The first-order valence-corrected chi connectivity index (χ1v) is 11.1. The lowest BCUT2D eigenvalue weighted by Crippen LogP contribution is -2.40. The summed E-state index contributed by atoms with van der Waals surface area (Å²) in [5, 5.41) is 6.82. The minimum Gasteiger partial charge on any atom is -0.496 e. The van der Waals surface area contributed by atoms with Crippen molar-refractivity contribution in [3.63, 3.8) is 0 Å². The average molecular weight is 425 g/mol. The molecule has 2 aromatic carbocycles. The molecule has 6 heteroatoms. The number of benzene rings is 2. The van der Waals surface area contributed by atoms with Crippen LogP contribution in [-0.2, 0) is 24.2 Å². The van der Waals surface area contributed by atoms with Crippen LogP contribution in [0.3, 0.4) is 0 Å². The van der Waals surface area contributed by atoms with E-state index < -0.39 is 0 Å². The van der Waals surface area contributed by atoms with Crippen molar-refractivity contribution in [2.24, 2.45) is 4.99 Å². The van der Waals surface area contributed by atoms with Gasteiger partial charge in [-0.05, 0) is 48.6 Å². The lowest BCUT2D eigenvalue weighted by molar-refractivity contribution is -0.0212. The molecular weight excluding hydrogens is 388 g/mol. The van der Waals surface area contributed by atoms with Crippen molar-refractivity contribution >= 4 is 5.96 Å². The van der Waals surface area contributed by atoms with Crippen molar-refractivity contribution in [2.75, 3.05) is 40.4 Å². The number of nitrogens with zero attached hydrogens (tertiary/aromatic N) is 2. The zero-order valence-electron chi connectivity index (χ0n) is 19.3. The Morgan fingerprint density at radius 2 is 2.00 bits per heavy atom. The fourth-order valence-corrected chi connectivity index (χ4v) is 3.88. The van der Waals surface area contributed by atoms with Crippen LogP contribution in [0.5, 0.6) is 5.75 Å². The molecule has 168 valence electrons. The summed E-state index contributed by atoms with van der Waals surface area (Å²) in [7, 11) is 3.52. The third kappa shape index (κ3) is 7.26. The Labute approximate surface area is 186 Å². The molecule has 1 saturated heterocycles. The normalized spacial score (nSPS) is 17.4. The monoisotopic (exact) mass is 424 g/mol. The molecule has 0 aromatic heterocycles. The second-order valence-corrected chi connectivity index (χ2v) is 8.14. The highest BCUT2D eigenvalue weighted by atomic mass is 16.5. The molecule has 2 aromatic rings. The summed E-state index contributed by atoms with van der Waals surface area (Å²) >= 11 is 0. The van der Waals surface area contributed by atoms with Crippen LogP contribution in [-0.4, -0.2) is 57.4 Å². The van der Waals surface area contributed by atoms with E-state index in [-0.39, 0.29) is 0 Å². The molecule has 1 heterocycles.